The van der Waals surface area contributed by atoms with Crippen molar-refractivity contribution in [2.24, 2.45) is 0 Å². The van der Waals surface area contributed by atoms with E-state index in [0.717, 1.165) is 0 Å². The molecule has 2 rings (SSSR count). The SMILES string of the molecule is COC(=O)CCC(=O)[c-]1[cH-][cH-][cH-][cH-]1.COC(=O)CCC(=O)[c-]1cccc1.[Fe]. The average Bonchev–Trinajstić information content (AvgIpc) is 3.37. The van der Waals surface area contributed by atoms with Crippen molar-refractivity contribution in [1.29, 1.82) is 0 Å². The van der Waals surface area contributed by atoms with E-state index in [1.165, 1.54) is 14.2 Å². The van der Waals surface area contributed by atoms with Crippen molar-refractivity contribution in [3.05, 3.63) is 59.7 Å². The van der Waals surface area contributed by atoms with Crippen LogP contribution in [-0.2, 0) is 36.1 Å². The minimum absolute atomic E-state index is 0. The summed E-state index contributed by atoms with van der Waals surface area (Å²) in [5, 5.41) is 0. The number of Topliss-reactive ketones (excluding diaryl/α,β-unsaturated/α-hetero) is 2. The number of hydrogen-bond acceptors (Lipinski definition) is 6. The van der Waals surface area contributed by atoms with Crippen LogP contribution < -0.4 is 0 Å². The Bertz CT molecular complexity index is 639. The van der Waals surface area contributed by atoms with E-state index in [2.05, 4.69) is 9.47 Å². The van der Waals surface area contributed by atoms with Crippen LogP contribution in [-0.4, -0.2) is 37.7 Å². The number of carbonyl (C=O) groups excluding carboxylic acids is 4. The summed E-state index contributed by atoms with van der Waals surface area (Å²) in [7, 11) is 2.63. The van der Waals surface area contributed by atoms with Crippen LogP contribution in [0.3, 0.4) is 0 Å². The van der Waals surface area contributed by atoms with E-state index in [4.69, 9.17) is 0 Å². The minimum Gasteiger partial charge on any atom is -0.718 e. The Morgan fingerprint density at radius 3 is 1.67 bits per heavy atom. The van der Waals surface area contributed by atoms with Gasteiger partial charge in [-0.25, -0.2) is 12.1 Å². The van der Waals surface area contributed by atoms with Crippen molar-refractivity contribution >= 4 is 23.5 Å². The van der Waals surface area contributed by atoms with Crippen molar-refractivity contribution in [1.82, 2.24) is 0 Å². The van der Waals surface area contributed by atoms with Gasteiger partial charge in [-0.1, -0.05) is 5.56 Å². The van der Waals surface area contributed by atoms with Gasteiger partial charge < -0.3 is 48.9 Å². The van der Waals surface area contributed by atoms with Crippen molar-refractivity contribution < 1.29 is 45.7 Å². The number of carbonyl (C=O) groups is 4. The van der Waals surface area contributed by atoms with Crippen LogP contribution in [0.1, 0.15) is 46.4 Å². The fourth-order valence-electron chi connectivity index (χ4n) is 2.04. The zero-order valence-electron chi connectivity index (χ0n) is 15.3. The van der Waals surface area contributed by atoms with Crippen LogP contribution in [0.15, 0.2) is 48.5 Å². The molecule has 2 aromatic carbocycles. The number of ketones is 2. The predicted octanol–water partition coefficient (Wildman–Crippen LogP) is 3.08. The first kappa shape index (κ1) is 24.5. The second kappa shape index (κ2) is 13.7. The molecule has 0 atom stereocenters. The van der Waals surface area contributed by atoms with Gasteiger partial charge in [0.15, 0.2) is 0 Å². The maximum atomic E-state index is 11.3. The molecule has 0 aliphatic rings. The van der Waals surface area contributed by atoms with Crippen LogP contribution in [0.4, 0.5) is 0 Å². The van der Waals surface area contributed by atoms with E-state index < -0.39 is 0 Å². The average molecular weight is 414 g/mol. The number of rotatable bonds is 8. The number of ether oxygens (including phenoxy) is 2. The van der Waals surface area contributed by atoms with Gasteiger partial charge in [-0.2, -0.15) is 12.1 Å². The molecule has 0 heterocycles. The summed E-state index contributed by atoms with van der Waals surface area (Å²) >= 11 is 0. The molecule has 0 bridgehead atoms. The van der Waals surface area contributed by atoms with Gasteiger partial charge in [0.2, 0.25) is 0 Å². The molecule has 152 valence electrons. The summed E-state index contributed by atoms with van der Waals surface area (Å²) < 4.78 is 8.85. The first-order valence-corrected chi connectivity index (χ1v) is 8.11. The largest absolute Gasteiger partial charge is 0.718 e. The predicted molar refractivity (Wildman–Crippen MR) is 95.2 cm³/mol. The van der Waals surface area contributed by atoms with E-state index in [0.29, 0.717) is 11.1 Å². The van der Waals surface area contributed by atoms with Gasteiger partial charge in [0.05, 0.1) is 20.6 Å². The summed E-state index contributed by atoms with van der Waals surface area (Å²) in [5.74, 6) is -0.731. The maximum absolute atomic E-state index is 11.3. The molecule has 0 fully saturated rings. The van der Waals surface area contributed by atoms with Crippen molar-refractivity contribution in [2.45, 2.75) is 25.7 Å². The molecule has 0 aromatic heterocycles. The van der Waals surface area contributed by atoms with Gasteiger partial charge in [0.1, 0.15) is 5.78 Å². The van der Waals surface area contributed by atoms with Gasteiger partial charge >= 0.3 is 11.9 Å². The molecule has 7 heteroatoms. The third-order valence-electron chi connectivity index (χ3n) is 3.54. The normalized spacial score (nSPS) is 9.26. The topological polar surface area (TPSA) is 86.7 Å². The Hall–Kier alpha value is -2.50. The fraction of sp³-hybridized carbons (Fsp3) is 0.300. The van der Waals surface area contributed by atoms with E-state index in [1.807, 2.05) is 0 Å². The van der Waals surface area contributed by atoms with E-state index in [-0.39, 0.29) is 66.3 Å². The van der Waals surface area contributed by atoms with E-state index in [1.54, 1.807) is 48.5 Å². The Morgan fingerprint density at radius 2 is 1.22 bits per heavy atom. The minimum atomic E-state index is -0.347. The quantitative estimate of drug-likeness (QED) is 0.286. The molecule has 0 radical (unpaired) electrons. The zero-order chi connectivity index (χ0) is 19.4. The molecule has 0 saturated heterocycles. The Morgan fingerprint density at radius 1 is 0.778 bits per heavy atom. The molecule has 6 nitrogen and oxygen atoms in total. The summed E-state index contributed by atoms with van der Waals surface area (Å²) in [6, 6.07) is 14.1. The molecule has 0 aliphatic heterocycles. The zero-order valence-corrected chi connectivity index (χ0v) is 16.4. The van der Waals surface area contributed by atoms with Crippen LogP contribution in [0.5, 0.6) is 0 Å². The smallest absolute Gasteiger partial charge is 0.305 e. The molecule has 0 spiro atoms. The van der Waals surface area contributed by atoms with Crippen molar-refractivity contribution in [3.63, 3.8) is 0 Å². The molecule has 0 saturated carbocycles. The standard InChI is InChI=1S/2C10H11O3.Fe/c2*1-13-10(12)7-6-9(11)8-4-2-3-5-8;/h2*2-5H,6-7H2,1H3;/q-5;-1;. The van der Waals surface area contributed by atoms with Crippen LogP contribution in [0, 0.1) is 0 Å². The first-order valence-electron chi connectivity index (χ1n) is 8.11. The third kappa shape index (κ3) is 9.68. The Labute approximate surface area is 169 Å². The molecule has 0 aliphatic carbocycles. The van der Waals surface area contributed by atoms with Crippen molar-refractivity contribution in [2.75, 3.05) is 14.2 Å². The monoisotopic (exact) mass is 414 g/mol. The Kier molecular flexibility index (Phi) is 12.4. The van der Waals surface area contributed by atoms with E-state index >= 15 is 0 Å². The molecular weight excluding hydrogens is 392 g/mol. The summed E-state index contributed by atoms with van der Waals surface area (Å²) in [4.78, 5) is 44.1. The third-order valence-corrected chi connectivity index (χ3v) is 3.54. The molecular formula is C20H22FeO6-6. The molecule has 0 amide bonds. The van der Waals surface area contributed by atoms with Gasteiger partial charge in [0.25, 0.3) is 0 Å². The van der Waals surface area contributed by atoms with Crippen LogP contribution in [0.25, 0.3) is 0 Å². The first-order chi connectivity index (χ1) is 12.5. The molecule has 2 aromatic rings. The number of hydrogen-bond donors (Lipinski definition) is 0. The van der Waals surface area contributed by atoms with Gasteiger partial charge in [-0.05, 0) is 0 Å². The molecule has 0 unspecified atom stereocenters. The fourth-order valence-corrected chi connectivity index (χ4v) is 2.04. The summed E-state index contributed by atoms with van der Waals surface area (Å²) in [6.07, 6.45) is 0.744. The number of methoxy groups -OCH3 is 2. The van der Waals surface area contributed by atoms with Gasteiger partial charge in [-0.3, -0.25) is 15.4 Å². The van der Waals surface area contributed by atoms with Crippen LogP contribution in [0.2, 0.25) is 0 Å². The summed E-state index contributed by atoms with van der Waals surface area (Å²) in [5.41, 5.74) is 1.31. The maximum Gasteiger partial charge on any atom is 0.305 e. The Balaban J connectivity index is 0.000000483. The number of esters is 2. The second-order valence-electron chi connectivity index (χ2n) is 5.35. The van der Waals surface area contributed by atoms with Gasteiger partial charge in [-0.15, -0.1) is 6.42 Å². The van der Waals surface area contributed by atoms with Gasteiger partial charge in [0, 0.05) is 29.9 Å². The van der Waals surface area contributed by atoms with Crippen LogP contribution >= 0.6 is 0 Å². The second-order valence-corrected chi connectivity index (χ2v) is 5.35. The molecule has 0 N–H and O–H groups in total. The van der Waals surface area contributed by atoms with Crippen molar-refractivity contribution in [3.8, 4) is 0 Å². The molecule has 27 heavy (non-hydrogen) atoms. The van der Waals surface area contributed by atoms with E-state index in [9.17, 15) is 19.2 Å². The summed E-state index contributed by atoms with van der Waals surface area (Å²) in [6.45, 7) is 0.